The highest BCUT2D eigenvalue weighted by Gasteiger charge is 2.06. The Morgan fingerprint density at radius 1 is 1.18 bits per heavy atom. The molecule has 2 rings (SSSR count). The standard InChI is InChI=1S/C15H15NO/c1-12-5-2-3-6-13(12)8-9-15(17)14-7-4-10-16-11-14/h2-7,10-11H,8-9H2,1H3. The Morgan fingerprint density at radius 3 is 2.71 bits per heavy atom. The third kappa shape index (κ3) is 3.00. The first-order valence-corrected chi connectivity index (χ1v) is 5.75. The van der Waals surface area contributed by atoms with Crippen LogP contribution in [-0.4, -0.2) is 10.8 Å². The van der Waals surface area contributed by atoms with E-state index in [-0.39, 0.29) is 5.78 Å². The van der Waals surface area contributed by atoms with E-state index in [0.717, 1.165) is 6.42 Å². The van der Waals surface area contributed by atoms with Crippen LogP contribution in [0.5, 0.6) is 0 Å². The van der Waals surface area contributed by atoms with Gasteiger partial charge in [0.15, 0.2) is 5.78 Å². The summed E-state index contributed by atoms with van der Waals surface area (Å²) in [7, 11) is 0. The van der Waals surface area contributed by atoms with Gasteiger partial charge in [0.25, 0.3) is 0 Å². The van der Waals surface area contributed by atoms with Crippen LogP contribution in [0.15, 0.2) is 48.8 Å². The van der Waals surface area contributed by atoms with Crippen LogP contribution in [0.3, 0.4) is 0 Å². The summed E-state index contributed by atoms with van der Waals surface area (Å²) in [6, 6.07) is 11.8. The summed E-state index contributed by atoms with van der Waals surface area (Å²) in [5.41, 5.74) is 3.18. The van der Waals surface area contributed by atoms with E-state index in [9.17, 15) is 4.79 Å². The molecule has 0 aliphatic rings. The van der Waals surface area contributed by atoms with Crippen LogP contribution in [0, 0.1) is 6.92 Å². The molecule has 2 aromatic rings. The van der Waals surface area contributed by atoms with E-state index in [0.29, 0.717) is 12.0 Å². The lowest BCUT2D eigenvalue weighted by molar-refractivity contribution is 0.0982. The minimum Gasteiger partial charge on any atom is -0.294 e. The van der Waals surface area contributed by atoms with Crippen molar-refractivity contribution in [1.82, 2.24) is 4.98 Å². The number of benzene rings is 1. The smallest absolute Gasteiger partial charge is 0.164 e. The summed E-state index contributed by atoms with van der Waals surface area (Å²) in [5, 5.41) is 0. The Labute approximate surface area is 101 Å². The third-order valence-corrected chi connectivity index (χ3v) is 2.87. The van der Waals surface area contributed by atoms with Gasteiger partial charge in [-0.3, -0.25) is 9.78 Å². The molecule has 1 aromatic heterocycles. The second kappa shape index (κ2) is 5.39. The van der Waals surface area contributed by atoms with Gasteiger partial charge in [0.05, 0.1) is 0 Å². The van der Waals surface area contributed by atoms with E-state index in [1.165, 1.54) is 11.1 Å². The normalized spacial score (nSPS) is 10.2. The SMILES string of the molecule is Cc1ccccc1CCC(=O)c1cccnc1. The zero-order chi connectivity index (χ0) is 12.1. The Balaban J connectivity index is 2.00. The molecule has 0 saturated carbocycles. The first-order valence-electron chi connectivity index (χ1n) is 5.75. The first-order chi connectivity index (χ1) is 8.27. The van der Waals surface area contributed by atoms with E-state index >= 15 is 0 Å². The van der Waals surface area contributed by atoms with Gasteiger partial charge in [-0.1, -0.05) is 24.3 Å². The third-order valence-electron chi connectivity index (χ3n) is 2.87. The zero-order valence-corrected chi connectivity index (χ0v) is 9.89. The number of nitrogens with zero attached hydrogens (tertiary/aromatic N) is 1. The molecule has 1 aromatic carbocycles. The molecule has 17 heavy (non-hydrogen) atoms. The fourth-order valence-corrected chi connectivity index (χ4v) is 1.81. The molecule has 0 radical (unpaired) electrons. The lowest BCUT2D eigenvalue weighted by atomic mass is 10.0. The maximum atomic E-state index is 11.9. The molecule has 2 heteroatoms. The zero-order valence-electron chi connectivity index (χ0n) is 9.89. The van der Waals surface area contributed by atoms with Gasteiger partial charge >= 0.3 is 0 Å². The number of carbonyl (C=O) groups is 1. The van der Waals surface area contributed by atoms with Crippen molar-refractivity contribution in [3.05, 3.63) is 65.5 Å². The molecule has 0 aliphatic heterocycles. The fraction of sp³-hybridized carbons (Fsp3) is 0.200. The number of aryl methyl sites for hydroxylation is 2. The van der Waals surface area contributed by atoms with Crippen LogP contribution < -0.4 is 0 Å². The van der Waals surface area contributed by atoms with Crippen LogP contribution in [0.4, 0.5) is 0 Å². The largest absolute Gasteiger partial charge is 0.294 e. The second-order valence-electron chi connectivity index (χ2n) is 4.09. The lowest BCUT2D eigenvalue weighted by Crippen LogP contribution is -2.02. The molecule has 0 N–H and O–H groups in total. The molecule has 0 spiro atoms. The maximum Gasteiger partial charge on any atom is 0.164 e. The second-order valence-corrected chi connectivity index (χ2v) is 4.09. The van der Waals surface area contributed by atoms with Gasteiger partial charge in [0.2, 0.25) is 0 Å². The molecule has 86 valence electrons. The van der Waals surface area contributed by atoms with Crippen molar-refractivity contribution in [2.75, 3.05) is 0 Å². The quantitative estimate of drug-likeness (QED) is 0.748. The van der Waals surface area contributed by atoms with Crippen LogP contribution >= 0.6 is 0 Å². The van der Waals surface area contributed by atoms with Crippen LogP contribution in [0.1, 0.15) is 27.9 Å². The van der Waals surface area contributed by atoms with Gasteiger partial charge in [-0.15, -0.1) is 0 Å². The monoisotopic (exact) mass is 225 g/mol. The molecule has 0 unspecified atom stereocenters. The van der Waals surface area contributed by atoms with Crippen LogP contribution in [-0.2, 0) is 6.42 Å². The van der Waals surface area contributed by atoms with Gasteiger partial charge in [0.1, 0.15) is 0 Å². The highest BCUT2D eigenvalue weighted by atomic mass is 16.1. The molecule has 0 aliphatic carbocycles. The van der Waals surface area contributed by atoms with Crippen LogP contribution in [0.25, 0.3) is 0 Å². The summed E-state index contributed by atoms with van der Waals surface area (Å²) < 4.78 is 0. The van der Waals surface area contributed by atoms with Crippen molar-refractivity contribution in [2.45, 2.75) is 19.8 Å². The minimum atomic E-state index is 0.154. The van der Waals surface area contributed by atoms with E-state index in [1.807, 2.05) is 18.2 Å². The Hall–Kier alpha value is -1.96. The molecule has 2 nitrogen and oxygen atoms in total. The van der Waals surface area contributed by atoms with Crippen molar-refractivity contribution in [1.29, 1.82) is 0 Å². The van der Waals surface area contributed by atoms with Gasteiger partial charge in [-0.25, -0.2) is 0 Å². The van der Waals surface area contributed by atoms with E-state index in [4.69, 9.17) is 0 Å². The van der Waals surface area contributed by atoms with Gasteiger partial charge in [0, 0.05) is 24.4 Å². The van der Waals surface area contributed by atoms with Crippen molar-refractivity contribution in [3.63, 3.8) is 0 Å². The molecular formula is C15H15NO. The lowest BCUT2D eigenvalue weighted by Gasteiger charge is -2.04. The predicted molar refractivity (Wildman–Crippen MR) is 68.1 cm³/mol. The average Bonchev–Trinajstić information content (AvgIpc) is 2.38. The van der Waals surface area contributed by atoms with Gasteiger partial charge < -0.3 is 0 Å². The summed E-state index contributed by atoms with van der Waals surface area (Å²) >= 11 is 0. The number of Topliss-reactive ketones (excluding diaryl/α,β-unsaturated/α-hetero) is 1. The predicted octanol–water partition coefficient (Wildman–Crippen LogP) is 3.21. The van der Waals surface area contributed by atoms with Gasteiger partial charge in [-0.05, 0) is 36.6 Å². The topological polar surface area (TPSA) is 30.0 Å². The summed E-state index contributed by atoms with van der Waals surface area (Å²) in [5.74, 6) is 0.154. The highest BCUT2D eigenvalue weighted by molar-refractivity contribution is 5.95. The number of ketones is 1. The summed E-state index contributed by atoms with van der Waals surface area (Å²) in [4.78, 5) is 15.8. The molecule has 0 fully saturated rings. The molecule has 0 bridgehead atoms. The van der Waals surface area contributed by atoms with E-state index in [1.54, 1.807) is 18.5 Å². The Bertz CT molecular complexity index is 505. The van der Waals surface area contributed by atoms with E-state index < -0.39 is 0 Å². The van der Waals surface area contributed by atoms with Crippen molar-refractivity contribution in [2.24, 2.45) is 0 Å². The summed E-state index contributed by atoms with van der Waals surface area (Å²) in [6.07, 6.45) is 4.63. The number of rotatable bonds is 4. The minimum absolute atomic E-state index is 0.154. The number of pyridine rings is 1. The number of carbonyl (C=O) groups excluding carboxylic acids is 1. The van der Waals surface area contributed by atoms with E-state index in [2.05, 4.69) is 24.0 Å². The fourth-order valence-electron chi connectivity index (χ4n) is 1.81. The number of hydrogen-bond acceptors (Lipinski definition) is 2. The molecular weight excluding hydrogens is 210 g/mol. The van der Waals surface area contributed by atoms with Gasteiger partial charge in [-0.2, -0.15) is 0 Å². The Morgan fingerprint density at radius 2 is 2.00 bits per heavy atom. The number of aromatic nitrogens is 1. The molecule has 0 saturated heterocycles. The van der Waals surface area contributed by atoms with Crippen molar-refractivity contribution in [3.8, 4) is 0 Å². The Kier molecular flexibility index (Phi) is 3.66. The van der Waals surface area contributed by atoms with Crippen LogP contribution in [0.2, 0.25) is 0 Å². The number of hydrogen-bond donors (Lipinski definition) is 0. The summed E-state index contributed by atoms with van der Waals surface area (Å²) in [6.45, 7) is 2.07. The first kappa shape index (κ1) is 11.5. The van der Waals surface area contributed by atoms with Crippen molar-refractivity contribution >= 4 is 5.78 Å². The maximum absolute atomic E-state index is 11.9. The van der Waals surface area contributed by atoms with Crippen molar-refractivity contribution < 1.29 is 4.79 Å². The molecule has 0 amide bonds. The average molecular weight is 225 g/mol. The molecule has 1 heterocycles. The highest BCUT2D eigenvalue weighted by Crippen LogP contribution is 2.11. The molecule has 0 atom stereocenters.